The predicted molar refractivity (Wildman–Crippen MR) is 125 cm³/mol. The molecule has 2 heterocycles. The number of nitrogens with one attached hydrogen (secondary N) is 3. The first kappa shape index (κ1) is 22.4. The first-order chi connectivity index (χ1) is 15.9. The Kier molecular flexibility index (Phi) is 6.09. The van der Waals surface area contributed by atoms with Crippen LogP contribution < -0.4 is 15.4 Å². The lowest BCUT2D eigenvalue weighted by atomic mass is 9.90. The van der Waals surface area contributed by atoms with Gasteiger partial charge < -0.3 is 20.4 Å². The van der Waals surface area contributed by atoms with Gasteiger partial charge in [-0.3, -0.25) is 14.5 Å². The fraction of sp³-hybridized carbons (Fsp3) is 0.320. The van der Waals surface area contributed by atoms with E-state index < -0.39 is 17.5 Å². The molecule has 0 saturated carbocycles. The summed E-state index contributed by atoms with van der Waals surface area (Å²) in [5.74, 6) is -0.163. The Morgan fingerprint density at radius 2 is 1.88 bits per heavy atom. The van der Waals surface area contributed by atoms with Crippen LogP contribution in [0.2, 0.25) is 0 Å². The van der Waals surface area contributed by atoms with Crippen molar-refractivity contribution in [1.29, 1.82) is 0 Å². The zero-order chi connectivity index (χ0) is 23.6. The van der Waals surface area contributed by atoms with Gasteiger partial charge in [-0.15, -0.1) is 0 Å². The van der Waals surface area contributed by atoms with Gasteiger partial charge in [-0.25, -0.2) is 4.79 Å². The second-order valence-electron chi connectivity index (χ2n) is 8.43. The van der Waals surface area contributed by atoms with Crippen LogP contribution in [-0.2, 0) is 9.59 Å². The van der Waals surface area contributed by atoms with E-state index in [9.17, 15) is 14.4 Å². The van der Waals surface area contributed by atoms with E-state index in [0.29, 0.717) is 13.0 Å². The van der Waals surface area contributed by atoms with E-state index in [0.717, 1.165) is 32.7 Å². The molecule has 172 valence electrons. The fourth-order valence-corrected chi connectivity index (χ4v) is 4.17. The molecule has 2 atom stereocenters. The van der Waals surface area contributed by atoms with E-state index in [-0.39, 0.29) is 18.4 Å². The first-order valence-electron chi connectivity index (χ1n) is 11.0. The normalized spacial score (nSPS) is 18.9. The fourth-order valence-electron chi connectivity index (χ4n) is 4.17. The molecule has 33 heavy (non-hydrogen) atoms. The summed E-state index contributed by atoms with van der Waals surface area (Å²) < 4.78 is 5.28. The summed E-state index contributed by atoms with van der Waals surface area (Å²) in [5.41, 5.74) is 2.10. The lowest BCUT2D eigenvalue weighted by Crippen LogP contribution is -2.45. The maximum Gasteiger partial charge on any atom is 0.325 e. The molecule has 1 aliphatic heterocycles. The SMILES string of the molecule is CC[C@]1(C)NC(=O)N(CC(=O)NC[C@@H](c2ccc(OC)cc2)c2c[nH]c3ccccc23)C1=O. The summed E-state index contributed by atoms with van der Waals surface area (Å²) >= 11 is 0. The van der Waals surface area contributed by atoms with Crippen LogP contribution in [0.15, 0.2) is 54.7 Å². The highest BCUT2D eigenvalue weighted by Gasteiger charge is 2.47. The second kappa shape index (κ2) is 8.97. The third-order valence-corrected chi connectivity index (χ3v) is 6.37. The molecule has 0 radical (unpaired) electrons. The van der Waals surface area contributed by atoms with Gasteiger partial charge in [0.2, 0.25) is 5.91 Å². The number of hydrogen-bond donors (Lipinski definition) is 3. The molecular weight excluding hydrogens is 420 g/mol. The number of amides is 4. The highest BCUT2D eigenvalue weighted by Crippen LogP contribution is 2.31. The number of methoxy groups -OCH3 is 1. The molecule has 4 rings (SSSR count). The third-order valence-electron chi connectivity index (χ3n) is 6.37. The highest BCUT2D eigenvalue weighted by molar-refractivity contribution is 6.08. The molecule has 4 amide bonds. The summed E-state index contributed by atoms with van der Waals surface area (Å²) in [4.78, 5) is 41.9. The smallest absolute Gasteiger partial charge is 0.325 e. The van der Waals surface area contributed by atoms with Gasteiger partial charge >= 0.3 is 6.03 Å². The Balaban J connectivity index is 1.54. The van der Waals surface area contributed by atoms with E-state index in [4.69, 9.17) is 4.74 Å². The van der Waals surface area contributed by atoms with Crippen molar-refractivity contribution >= 4 is 28.7 Å². The van der Waals surface area contributed by atoms with E-state index in [1.165, 1.54) is 0 Å². The zero-order valence-corrected chi connectivity index (χ0v) is 19.0. The number of ether oxygens (including phenoxy) is 1. The van der Waals surface area contributed by atoms with Crippen LogP contribution in [0.3, 0.4) is 0 Å². The number of nitrogens with zero attached hydrogens (tertiary/aromatic N) is 1. The molecule has 8 nitrogen and oxygen atoms in total. The molecule has 1 aromatic heterocycles. The van der Waals surface area contributed by atoms with Crippen molar-refractivity contribution in [2.24, 2.45) is 0 Å². The van der Waals surface area contributed by atoms with Gasteiger partial charge in [0.05, 0.1) is 7.11 Å². The van der Waals surface area contributed by atoms with Crippen LogP contribution in [-0.4, -0.2) is 53.5 Å². The molecule has 3 aromatic rings. The van der Waals surface area contributed by atoms with Crippen molar-refractivity contribution in [1.82, 2.24) is 20.5 Å². The largest absolute Gasteiger partial charge is 0.497 e. The molecule has 0 unspecified atom stereocenters. The molecule has 1 fully saturated rings. The number of aromatic nitrogens is 1. The molecule has 1 aliphatic rings. The highest BCUT2D eigenvalue weighted by atomic mass is 16.5. The number of hydrogen-bond acceptors (Lipinski definition) is 4. The van der Waals surface area contributed by atoms with Crippen LogP contribution >= 0.6 is 0 Å². The number of imide groups is 1. The Hall–Kier alpha value is -3.81. The van der Waals surface area contributed by atoms with Gasteiger partial charge in [0.25, 0.3) is 5.91 Å². The number of carbonyl (C=O) groups excluding carboxylic acids is 3. The molecule has 0 aliphatic carbocycles. The average Bonchev–Trinajstić information content (AvgIpc) is 3.34. The number of para-hydroxylation sites is 1. The van der Waals surface area contributed by atoms with Crippen LogP contribution in [0.1, 0.15) is 37.3 Å². The maximum absolute atomic E-state index is 12.7. The van der Waals surface area contributed by atoms with Crippen molar-refractivity contribution < 1.29 is 19.1 Å². The van der Waals surface area contributed by atoms with Gasteiger partial charge in [0.15, 0.2) is 0 Å². The minimum atomic E-state index is -0.965. The minimum Gasteiger partial charge on any atom is -0.497 e. The van der Waals surface area contributed by atoms with E-state index in [1.807, 2.05) is 61.7 Å². The number of H-pyrrole nitrogens is 1. The number of urea groups is 1. The van der Waals surface area contributed by atoms with Crippen LogP contribution in [0.4, 0.5) is 4.79 Å². The molecular formula is C25H28N4O4. The lowest BCUT2D eigenvalue weighted by Gasteiger charge is -2.21. The molecule has 2 aromatic carbocycles. The standard InChI is InChI=1S/C25H28N4O4/c1-4-25(2)23(31)29(24(32)28-25)15-22(30)27-13-19(16-9-11-17(33-3)12-10-16)20-14-26-21-8-6-5-7-18(20)21/h5-12,14,19,26H,4,13,15H2,1-3H3,(H,27,30)(H,28,32)/t19-,25-/m0/s1. The van der Waals surface area contributed by atoms with Gasteiger partial charge in [-0.05, 0) is 42.7 Å². The molecule has 0 spiro atoms. The Morgan fingerprint density at radius 1 is 1.15 bits per heavy atom. The number of benzene rings is 2. The number of rotatable bonds is 8. The Morgan fingerprint density at radius 3 is 2.55 bits per heavy atom. The van der Waals surface area contributed by atoms with Crippen LogP contribution in [0, 0.1) is 0 Å². The quantitative estimate of drug-likeness (QED) is 0.461. The van der Waals surface area contributed by atoms with Gasteiger partial charge in [-0.1, -0.05) is 37.3 Å². The maximum atomic E-state index is 12.7. The Labute approximate surface area is 192 Å². The van der Waals surface area contributed by atoms with Crippen molar-refractivity contribution in [2.45, 2.75) is 31.7 Å². The molecule has 1 saturated heterocycles. The number of fused-ring (bicyclic) bond motifs is 1. The minimum absolute atomic E-state index is 0.139. The van der Waals surface area contributed by atoms with Crippen molar-refractivity contribution in [3.63, 3.8) is 0 Å². The molecule has 0 bridgehead atoms. The topological polar surface area (TPSA) is 104 Å². The van der Waals surface area contributed by atoms with Crippen LogP contribution in [0.25, 0.3) is 10.9 Å². The summed E-state index contributed by atoms with van der Waals surface area (Å²) in [6.45, 7) is 3.48. The summed E-state index contributed by atoms with van der Waals surface area (Å²) in [5, 5.41) is 6.66. The van der Waals surface area contributed by atoms with Crippen molar-refractivity contribution in [3.05, 3.63) is 65.9 Å². The predicted octanol–water partition coefficient (Wildman–Crippen LogP) is 3.15. The average molecular weight is 449 g/mol. The second-order valence-corrected chi connectivity index (χ2v) is 8.43. The van der Waals surface area contributed by atoms with E-state index in [1.54, 1.807) is 14.0 Å². The molecule has 3 N–H and O–H groups in total. The van der Waals surface area contributed by atoms with Gasteiger partial charge in [0.1, 0.15) is 17.8 Å². The van der Waals surface area contributed by atoms with Crippen molar-refractivity contribution in [3.8, 4) is 5.75 Å². The summed E-state index contributed by atoms with van der Waals surface area (Å²) in [6.07, 6.45) is 2.41. The van der Waals surface area contributed by atoms with Gasteiger partial charge in [0, 0.05) is 29.6 Å². The molecule has 8 heteroatoms. The van der Waals surface area contributed by atoms with Crippen LogP contribution in [0.5, 0.6) is 5.75 Å². The third kappa shape index (κ3) is 4.28. The zero-order valence-electron chi connectivity index (χ0n) is 19.0. The number of aromatic amines is 1. The van der Waals surface area contributed by atoms with E-state index >= 15 is 0 Å². The first-order valence-corrected chi connectivity index (χ1v) is 11.0. The van der Waals surface area contributed by atoms with Crippen molar-refractivity contribution in [2.75, 3.05) is 20.2 Å². The monoisotopic (exact) mass is 448 g/mol. The summed E-state index contributed by atoms with van der Waals surface area (Å²) in [6, 6.07) is 15.2. The van der Waals surface area contributed by atoms with E-state index in [2.05, 4.69) is 15.6 Å². The Bertz CT molecular complexity index is 1190. The summed E-state index contributed by atoms with van der Waals surface area (Å²) in [7, 11) is 1.62. The lowest BCUT2D eigenvalue weighted by molar-refractivity contribution is -0.134. The van der Waals surface area contributed by atoms with Gasteiger partial charge in [-0.2, -0.15) is 0 Å². The number of carbonyl (C=O) groups is 3.